The molecule has 0 aliphatic carbocycles. The fourth-order valence-corrected chi connectivity index (χ4v) is 2.93. The lowest BCUT2D eigenvalue weighted by Gasteiger charge is -2.27. The van der Waals surface area contributed by atoms with Crippen LogP contribution in [0.25, 0.3) is 0 Å². The van der Waals surface area contributed by atoms with Gasteiger partial charge in [0.25, 0.3) is 0 Å². The molecule has 7 nitrogen and oxygen atoms in total. The molecule has 0 aliphatic heterocycles. The van der Waals surface area contributed by atoms with Gasteiger partial charge in [-0.2, -0.15) is 5.10 Å². The minimum atomic E-state index is 0.152. The minimum Gasteiger partial charge on any atom is -0.468 e. The maximum absolute atomic E-state index is 5.65. The molecule has 2 aromatic rings. The zero-order chi connectivity index (χ0) is 18.6. The van der Waals surface area contributed by atoms with Crippen LogP contribution in [-0.4, -0.2) is 53.4 Å². The predicted molar refractivity (Wildman–Crippen MR) is 105 cm³/mol. The third-order valence-corrected chi connectivity index (χ3v) is 4.31. The first-order valence-corrected chi connectivity index (χ1v) is 9.55. The Hall–Kier alpha value is -2.28. The summed E-state index contributed by atoms with van der Waals surface area (Å²) < 4.78 is 7.59. The molecule has 0 radical (unpaired) electrons. The number of hydrogen-bond donors (Lipinski definition) is 2. The van der Waals surface area contributed by atoms with Crippen LogP contribution in [0.15, 0.2) is 46.3 Å². The van der Waals surface area contributed by atoms with Crippen molar-refractivity contribution in [3.63, 3.8) is 0 Å². The van der Waals surface area contributed by atoms with Gasteiger partial charge >= 0.3 is 0 Å². The lowest BCUT2D eigenvalue weighted by atomic mass is 10.2. The van der Waals surface area contributed by atoms with Gasteiger partial charge in [0, 0.05) is 32.0 Å². The van der Waals surface area contributed by atoms with Crippen LogP contribution >= 0.6 is 0 Å². The van der Waals surface area contributed by atoms with E-state index in [2.05, 4.69) is 41.4 Å². The highest BCUT2D eigenvalue weighted by molar-refractivity contribution is 5.79. The second kappa shape index (κ2) is 11.4. The molecule has 0 amide bonds. The summed E-state index contributed by atoms with van der Waals surface area (Å²) in [6.45, 7) is 11.6. The molecular formula is C19H32N6O. The zero-order valence-corrected chi connectivity index (χ0v) is 16.2. The molecule has 0 aromatic carbocycles. The molecule has 1 atom stereocenters. The lowest BCUT2D eigenvalue weighted by molar-refractivity contribution is 0.198. The van der Waals surface area contributed by atoms with E-state index in [-0.39, 0.29) is 6.04 Å². The average molecular weight is 361 g/mol. The van der Waals surface area contributed by atoms with Gasteiger partial charge in [-0.1, -0.05) is 13.8 Å². The van der Waals surface area contributed by atoms with Crippen LogP contribution in [0.5, 0.6) is 0 Å². The van der Waals surface area contributed by atoms with E-state index in [0.29, 0.717) is 6.54 Å². The number of likely N-dealkylation sites (N-methyl/N-ethyl adjacent to an activating group) is 1. The van der Waals surface area contributed by atoms with Crippen LogP contribution in [-0.2, 0) is 6.54 Å². The fraction of sp³-hybridized carbons (Fsp3) is 0.579. The Morgan fingerprint density at radius 3 is 2.73 bits per heavy atom. The number of furan rings is 1. The standard InChI is InChI=1S/C19H32N6O/c1-4-20-19(21-11-8-13-25-14-9-12-23-25)22-16-17(24(5-2)6-3)18-10-7-15-26-18/h7,9-10,12,14-15,17H,4-6,8,11,13,16H2,1-3H3,(H2,20,21,22). The molecule has 0 spiro atoms. The molecule has 0 bridgehead atoms. The SMILES string of the molecule is CCNC(=NCC(c1ccco1)N(CC)CC)NCCCn1cccn1. The first kappa shape index (κ1) is 20.0. The quantitative estimate of drug-likeness (QED) is 0.366. The third-order valence-electron chi connectivity index (χ3n) is 4.31. The summed E-state index contributed by atoms with van der Waals surface area (Å²) in [5.74, 6) is 1.81. The van der Waals surface area contributed by atoms with E-state index in [1.807, 2.05) is 29.1 Å². The second-order valence-electron chi connectivity index (χ2n) is 6.02. The van der Waals surface area contributed by atoms with Gasteiger partial charge in [0.05, 0.1) is 18.8 Å². The molecule has 7 heteroatoms. The van der Waals surface area contributed by atoms with E-state index < -0.39 is 0 Å². The van der Waals surface area contributed by atoms with Gasteiger partial charge in [-0.25, -0.2) is 0 Å². The number of aliphatic imine (C=N–C) groups is 1. The summed E-state index contributed by atoms with van der Waals surface area (Å²) in [6, 6.07) is 6.07. The van der Waals surface area contributed by atoms with Crippen molar-refractivity contribution in [2.75, 3.05) is 32.7 Å². The maximum Gasteiger partial charge on any atom is 0.191 e. The Labute approximate surface area is 156 Å². The van der Waals surface area contributed by atoms with Crippen molar-refractivity contribution >= 4 is 5.96 Å². The summed E-state index contributed by atoms with van der Waals surface area (Å²) in [5, 5.41) is 10.9. The molecule has 26 heavy (non-hydrogen) atoms. The van der Waals surface area contributed by atoms with Crippen molar-refractivity contribution in [2.24, 2.45) is 4.99 Å². The van der Waals surface area contributed by atoms with Gasteiger partial charge in [0.15, 0.2) is 5.96 Å². The van der Waals surface area contributed by atoms with Gasteiger partial charge in [-0.05, 0) is 44.6 Å². The Kier molecular flexibility index (Phi) is 8.75. The highest BCUT2D eigenvalue weighted by atomic mass is 16.3. The Morgan fingerprint density at radius 1 is 1.27 bits per heavy atom. The molecule has 2 N–H and O–H groups in total. The normalized spacial score (nSPS) is 13.2. The Morgan fingerprint density at radius 2 is 2.12 bits per heavy atom. The van der Waals surface area contributed by atoms with Crippen LogP contribution in [0, 0.1) is 0 Å². The van der Waals surface area contributed by atoms with E-state index >= 15 is 0 Å². The van der Waals surface area contributed by atoms with E-state index in [1.54, 1.807) is 12.5 Å². The third kappa shape index (κ3) is 6.22. The summed E-state index contributed by atoms with van der Waals surface area (Å²) in [4.78, 5) is 7.16. The van der Waals surface area contributed by atoms with E-state index in [9.17, 15) is 0 Å². The van der Waals surface area contributed by atoms with Crippen molar-refractivity contribution in [2.45, 2.75) is 39.8 Å². The predicted octanol–water partition coefficient (Wildman–Crippen LogP) is 2.50. The van der Waals surface area contributed by atoms with Crippen LogP contribution in [0.1, 0.15) is 39.0 Å². The first-order valence-electron chi connectivity index (χ1n) is 9.55. The topological polar surface area (TPSA) is 70.6 Å². The first-order chi connectivity index (χ1) is 12.8. The van der Waals surface area contributed by atoms with Crippen LogP contribution in [0.4, 0.5) is 0 Å². The number of nitrogens with one attached hydrogen (secondary N) is 2. The van der Waals surface area contributed by atoms with Crippen molar-refractivity contribution in [3.05, 3.63) is 42.6 Å². The number of hydrogen-bond acceptors (Lipinski definition) is 4. The van der Waals surface area contributed by atoms with Gasteiger partial charge in [0.1, 0.15) is 5.76 Å². The van der Waals surface area contributed by atoms with E-state index in [0.717, 1.165) is 50.9 Å². The molecule has 0 fully saturated rings. The monoisotopic (exact) mass is 360 g/mol. The smallest absolute Gasteiger partial charge is 0.191 e. The highest BCUT2D eigenvalue weighted by Crippen LogP contribution is 2.21. The molecule has 144 valence electrons. The van der Waals surface area contributed by atoms with Crippen LogP contribution < -0.4 is 10.6 Å². The number of guanidine groups is 1. The van der Waals surface area contributed by atoms with Gasteiger partial charge in [-0.15, -0.1) is 0 Å². The molecule has 0 aliphatic rings. The number of nitrogens with zero attached hydrogens (tertiary/aromatic N) is 4. The van der Waals surface area contributed by atoms with Gasteiger partial charge in [0.2, 0.25) is 0 Å². The van der Waals surface area contributed by atoms with Crippen molar-refractivity contribution < 1.29 is 4.42 Å². The van der Waals surface area contributed by atoms with E-state index in [1.165, 1.54) is 0 Å². The highest BCUT2D eigenvalue weighted by Gasteiger charge is 2.20. The van der Waals surface area contributed by atoms with Crippen molar-refractivity contribution in [3.8, 4) is 0 Å². The van der Waals surface area contributed by atoms with Crippen molar-refractivity contribution in [1.29, 1.82) is 0 Å². The molecule has 0 saturated heterocycles. The van der Waals surface area contributed by atoms with Crippen LogP contribution in [0.2, 0.25) is 0 Å². The molecule has 2 rings (SSSR count). The largest absolute Gasteiger partial charge is 0.468 e. The summed E-state index contributed by atoms with van der Waals surface area (Å²) >= 11 is 0. The number of aromatic nitrogens is 2. The van der Waals surface area contributed by atoms with Crippen LogP contribution in [0.3, 0.4) is 0 Å². The Bertz CT molecular complexity index is 604. The molecule has 1 unspecified atom stereocenters. The van der Waals surface area contributed by atoms with Gasteiger partial charge in [-0.3, -0.25) is 14.6 Å². The molecular weight excluding hydrogens is 328 g/mol. The molecule has 2 heterocycles. The lowest BCUT2D eigenvalue weighted by Crippen LogP contribution is -2.39. The molecule has 0 saturated carbocycles. The molecule has 2 aromatic heterocycles. The summed E-state index contributed by atoms with van der Waals surface area (Å²) in [6.07, 6.45) is 6.51. The number of aryl methyl sites for hydroxylation is 1. The van der Waals surface area contributed by atoms with E-state index in [4.69, 9.17) is 9.41 Å². The van der Waals surface area contributed by atoms with Gasteiger partial charge < -0.3 is 15.1 Å². The maximum atomic E-state index is 5.65. The zero-order valence-electron chi connectivity index (χ0n) is 16.2. The summed E-state index contributed by atoms with van der Waals surface area (Å²) in [7, 11) is 0. The van der Waals surface area contributed by atoms with Crippen molar-refractivity contribution in [1.82, 2.24) is 25.3 Å². The average Bonchev–Trinajstić information content (AvgIpc) is 3.36. The Balaban J connectivity index is 1.91. The number of rotatable bonds is 11. The minimum absolute atomic E-state index is 0.152. The fourth-order valence-electron chi connectivity index (χ4n) is 2.93. The summed E-state index contributed by atoms with van der Waals surface area (Å²) in [5.41, 5.74) is 0. The second-order valence-corrected chi connectivity index (χ2v) is 6.02.